The van der Waals surface area contributed by atoms with Gasteiger partial charge in [-0.3, -0.25) is 4.79 Å². The molecule has 1 aliphatic rings. The zero-order chi connectivity index (χ0) is 16.8. The van der Waals surface area contributed by atoms with Gasteiger partial charge in [0.1, 0.15) is 0 Å². The minimum atomic E-state index is -0.0434. The quantitative estimate of drug-likeness (QED) is 0.324. The fourth-order valence-electron chi connectivity index (χ4n) is 3.47. The van der Waals surface area contributed by atoms with E-state index in [1.807, 2.05) is 0 Å². The van der Waals surface area contributed by atoms with Crippen LogP contribution < -0.4 is 0 Å². The number of hydrogen-bond donors (Lipinski definition) is 0. The summed E-state index contributed by atoms with van der Waals surface area (Å²) in [6.07, 6.45) is 17.9. The highest BCUT2D eigenvalue weighted by atomic mass is 16.5. The molecule has 0 spiro atoms. The molecule has 0 aromatic carbocycles. The Kier molecular flexibility index (Phi) is 12.3. The van der Waals surface area contributed by atoms with Crippen molar-refractivity contribution in [2.24, 2.45) is 5.92 Å². The van der Waals surface area contributed by atoms with E-state index in [0.29, 0.717) is 6.10 Å². The van der Waals surface area contributed by atoms with Crippen LogP contribution in [0.25, 0.3) is 0 Å². The summed E-state index contributed by atoms with van der Waals surface area (Å²) in [6, 6.07) is 0. The summed E-state index contributed by atoms with van der Waals surface area (Å²) >= 11 is 0. The van der Waals surface area contributed by atoms with Gasteiger partial charge in [-0.05, 0) is 32.1 Å². The number of hydrogen-bond acceptors (Lipinski definition) is 3. The maximum atomic E-state index is 11.5. The minimum absolute atomic E-state index is 0.0434. The summed E-state index contributed by atoms with van der Waals surface area (Å²) in [6.45, 7) is 3.16. The zero-order valence-electron chi connectivity index (χ0n) is 15.5. The highest BCUT2D eigenvalue weighted by Crippen LogP contribution is 2.27. The van der Waals surface area contributed by atoms with Crippen LogP contribution in [-0.2, 0) is 14.3 Å². The van der Waals surface area contributed by atoms with Crippen molar-refractivity contribution in [2.45, 2.75) is 103 Å². The highest BCUT2D eigenvalue weighted by Gasteiger charge is 2.26. The Labute approximate surface area is 143 Å². The number of methoxy groups -OCH3 is 1. The first kappa shape index (κ1) is 20.5. The van der Waals surface area contributed by atoms with E-state index in [4.69, 9.17) is 9.47 Å². The molecule has 0 aromatic heterocycles. The molecule has 23 heavy (non-hydrogen) atoms. The molecule has 1 fully saturated rings. The molecule has 1 saturated carbocycles. The van der Waals surface area contributed by atoms with E-state index in [1.165, 1.54) is 71.3 Å². The SMILES string of the molecule is CCCCCCCCCCCCOC1CCC(C(=O)OC)CC1. The Balaban J connectivity index is 1.84. The van der Waals surface area contributed by atoms with Gasteiger partial charge in [0.25, 0.3) is 0 Å². The molecule has 0 atom stereocenters. The molecule has 3 heteroatoms. The molecule has 3 nitrogen and oxygen atoms in total. The standard InChI is InChI=1S/C20H38O3/c1-3-4-5-6-7-8-9-10-11-12-17-23-19-15-13-18(14-16-19)20(21)22-2/h18-19H,3-17H2,1-2H3. The van der Waals surface area contributed by atoms with E-state index in [-0.39, 0.29) is 11.9 Å². The molecular formula is C20H38O3. The lowest BCUT2D eigenvalue weighted by Crippen LogP contribution is -2.27. The molecular weight excluding hydrogens is 288 g/mol. The van der Waals surface area contributed by atoms with Gasteiger partial charge in [0.15, 0.2) is 0 Å². The smallest absolute Gasteiger partial charge is 0.308 e. The molecule has 0 aliphatic heterocycles. The van der Waals surface area contributed by atoms with Crippen LogP contribution in [0.15, 0.2) is 0 Å². The van der Waals surface area contributed by atoms with E-state index in [1.54, 1.807) is 0 Å². The Hall–Kier alpha value is -0.570. The predicted molar refractivity (Wildman–Crippen MR) is 95.6 cm³/mol. The average molecular weight is 327 g/mol. The van der Waals surface area contributed by atoms with Crippen LogP contribution in [0.3, 0.4) is 0 Å². The molecule has 0 aromatic rings. The number of esters is 1. The number of carbonyl (C=O) groups is 1. The van der Waals surface area contributed by atoms with Crippen LogP contribution in [0.2, 0.25) is 0 Å². The van der Waals surface area contributed by atoms with Gasteiger partial charge in [-0.15, -0.1) is 0 Å². The third-order valence-corrected chi connectivity index (χ3v) is 5.06. The fraction of sp³-hybridized carbons (Fsp3) is 0.950. The third kappa shape index (κ3) is 10.0. The van der Waals surface area contributed by atoms with E-state index in [0.717, 1.165) is 32.3 Å². The lowest BCUT2D eigenvalue weighted by molar-refractivity contribution is -0.147. The number of unbranched alkanes of at least 4 members (excludes halogenated alkanes) is 9. The maximum Gasteiger partial charge on any atom is 0.308 e. The van der Waals surface area contributed by atoms with Gasteiger partial charge in [0.2, 0.25) is 0 Å². The summed E-state index contributed by atoms with van der Waals surface area (Å²) in [5.74, 6) is 0.0651. The fourth-order valence-corrected chi connectivity index (χ4v) is 3.47. The second kappa shape index (κ2) is 13.8. The van der Waals surface area contributed by atoms with Gasteiger partial charge >= 0.3 is 5.97 Å². The van der Waals surface area contributed by atoms with Crippen molar-refractivity contribution in [3.63, 3.8) is 0 Å². The topological polar surface area (TPSA) is 35.5 Å². The van der Waals surface area contributed by atoms with E-state index in [2.05, 4.69) is 6.92 Å². The van der Waals surface area contributed by atoms with Crippen LogP contribution in [0.4, 0.5) is 0 Å². The Morgan fingerprint density at radius 1 is 0.826 bits per heavy atom. The summed E-state index contributed by atoms with van der Waals surface area (Å²) in [5, 5.41) is 0. The van der Waals surface area contributed by atoms with Gasteiger partial charge in [-0.25, -0.2) is 0 Å². The molecule has 1 aliphatic carbocycles. The first-order valence-electron chi connectivity index (χ1n) is 9.97. The van der Waals surface area contributed by atoms with Crippen molar-refractivity contribution in [1.29, 1.82) is 0 Å². The van der Waals surface area contributed by atoms with E-state index in [9.17, 15) is 4.79 Å². The molecule has 136 valence electrons. The first-order valence-corrected chi connectivity index (χ1v) is 9.97. The van der Waals surface area contributed by atoms with Crippen LogP contribution in [-0.4, -0.2) is 25.8 Å². The van der Waals surface area contributed by atoms with Gasteiger partial charge < -0.3 is 9.47 Å². The summed E-state index contributed by atoms with van der Waals surface area (Å²) in [4.78, 5) is 11.5. The maximum absolute atomic E-state index is 11.5. The molecule has 0 N–H and O–H groups in total. The highest BCUT2D eigenvalue weighted by molar-refractivity contribution is 5.72. The van der Waals surface area contributed by atoms with E-state index < -0.39 is 0 Å². The molecule has 0 bridgehead atoms. The second-order valence-electron chi connectivity index (χ2n) is 7.05. The van der Waals surface area contributed by atoms with Crippen LogP contribution in [0.1, 0.15) is 96.8 Å². The molecule has 0 unspecified atom stereocenters. The number of ether oxygens (including phenoxy) is 2. The lowest BCUT2D eigenvalue weighted by Gasteiger charge is -2.27. The Morgan fingerprint density at radius 3 is 1.87 bits per heavy atom. The van der Waals surface area contributed by atoms with Gasteiger partial charge in [0.05, 0.1) is 19.1 Å². The second-order valence-corrected chi connectivity index (χ2v) is 7.05. The zero-order valence-corrected chi connectivity index (χ0v) is 15.5. The van der Waals surface area contributed by atoms with Crippen molar-refractivity contribution in [3.8, 4) is 0 Å². The van der Waals surface area contributed by atoms with Crippen molar-refractivity contribution >= 4 is 5.97 Å². The lowest BCUT2D eigenvalue weighted by atomic mass is 9.87. The largest absolute Gasteiger partial charge is 0.469 e. The van der Waals surface area contributed by atoms with Crippen molar-refractivity contribution in [3.05, 3.63) is 0 Å². The molecule has 0 heterocycles. The molecule has 1 rings (SSSR count). The summed E-state index contributed by atoms with van der Waals surface area (Å²) in [5.41, 5.74) is 0. The third-order valence-electron chi connectivity index (χ3n) is 5.06. The van der Waals surface area contributed by atoms with Crippen molar-refractivity contribution < 1.29 is 14.3 Å². The average Bonchev–Trinajstić information content (AvgIpc) is 2.59. The normalized spacial score (nSPS) is 21.3. The van der Waals surface area contributed by atoms with E-state index >= 15 is 0 Å². The molecule has 0 saturated heterocycles. The van der Waals surface area contributed by atoms with Crippen LogP contribution in [0.5, 0.6) is 0 Å². The van der Waals surface area contributed by atoms with Gasteiger partial charge in [-0.1, -0.05) is 64.7 Å². The van der Waals surface area contributed by atoms with Crippen molar-refractivity contribution in [1.82, 2.24) is 0 Å². The molecule has 0 radical (unpaired) electrons. The minimum Gasteiger partial charge on any atom is -0.469 e. The van der Waals surface area contributed by atoms with Crippen molar-refractivity contribution in [2.75, 3.05) is 13.7 Å². The number of rotatable bonds is 13. The number of carbonyl (C=O) groups excluding carboxylic acids is 1. The summed E-state index contributed by atoms with van der Waals surface area (Å²) < 4.78 is 10.8. The van der Waals surface area contributed by atoms with Crippen LogP contribution >= 0.6 is 0 Å². The first-order chi connectivity index (χ1) is 11.3. The predicted octanol–water partition coefficient (Wildman–Crippen LogP) is 5.66. The van der Waals surface area contributed by atoms with Gasteiger partial charge in [-0.2, -0.15) is 0 Å². The Bertz CT molecular complexity index is 283. The molecule has 0 amide bonds. The summed E-state index contributed by atoms with van der Waals surface area (Å²) in [7, 11) is 1.48. The Morgan fingerprint density at radius 2 is 1.35 bits per heavy atom. The van der Waals surface area contributed by atoms with Crippen LogP contribution in [0, 0.1) is 5.92 Å². The monoisotopic (exact) mass is 326 g/mol. The van der Waals surface area contributed by atoms with Gasteiger partial charge in [0, 0.05) is 6.61 Å².